The van der Waals surface area contributed by atoms with Crippen LogP contribution in [0.4, 0.5) is 0 Å². The van der Waals surface area contributed by atoms with Crippen molar-refractivity contribution in [1.82, 2.24) is 29.9 Å². The Balaban J connectivity index is 1.32. The lowest BCUT2D eigenvalue weighted by atomic mass is 9.93. The topological polar surface area (TPSA) is 86.0 Å². The van der Waals surface area contributed by atoms with Gasteiger partial charge in [-0.1, -0.05) is 11.6 Å². The summed E-state index contributed by atoms with van der Waals surface area (Å²) in [5.74, 6) is 0.809. The van der Waals surface area contributed by atoms with Crippen molar-refractivity contribution in [2.24, 2.45) is 5.92 Å². The molecule has 8 heteroatoms. The summed E-state index contributed by atoms with van der Waals surface area (Å²) < 4.78 is 6.02. The molecule has 0 spiro atoms. The molecule has 8 nitrogen and oxygen atoms in total. The Morgan fingerprint density at radius 3 is 2.76 bits per heavy atom. The standard InChI is InChI=1S/C25H26N6O2/c1-17-5-9-23(31-27-12-13-28-31)20(14-17)25(32)30-15-19(7-6-18(30)2)16-33-24-10-8-21-22(29-24)4-3-11-26-21/h3-5,8-14,18-19H,6-7,15-16H2,1-2H3/t18-,19-/m1/s1. The minimum Gasteiger partial charge on any atom is -0.477 e. The third kappa shape index (κ3) is 4.41. The summed E-state index contributed by atoms with van der Waals surface area (Å²) in [6, 6.07) is 13.5. The number of hydrogen-bond acceptors (Lipinski definition) is 6. The second-order valence-electron chi connectivity index (χ2n) is 8.59. The van der Waals surface area contributed by atoms with Gasteiger partial charge >= 0.3 is 0 Å². The average Bonchev–Trinajstić information content (AvgIpc) is 3.38. The number of fused-ring (bicyclic) bond motifs is 1. The minimum atomic E-state index is -0.00176. The van der Waals surface area contributed by atoms with Crippen LogP contribution in [0.25, 0.3) is 16.7 Å². The molecule has 0 radical (unpaired) electrons. The predicted molar refractivity (Wildman–Crippen MR) is 124 cm³/mol. The van der Waals surface area contributed by atoms with Crippen LogP contribution in [-0.2, 0) is 0 Å². The fourth-order valence-electron chi connectivity index (χ4n) is 4.31. The number of benzene rings is 1. The molecule has 0 saturated carbocycles. The van der Waals surface area contributed by atoms with Crippen molar-refractivity contribution in [2.45, 2.75) is 32.7 Å². The zero-order chi connectivity index (χ0) is 22.8. The molecule has 33 heavy (non-hydrogen) atoms. The van der Waals surface area contributed by atoms with E-state index in [4.69, 9.17) is 4.74 Å². The van der Waals surface area contributed by atoms with Crippen LogP contribution in [0.15, 0.2) is 61.1 Å². The van der Waals surface area contributed by atoms with Crippen molar-refractivity contribution in [3.63, 3.8) is 0 Å². The van der Waals surface area contributed by atoms with Crippen LogP contribution in [-0.4, -0.2) is 55.0 Å². The number of likely N-dealkylation sites (tertiary alicyclic amines) is 1. The molecule has 1 aliphatic rings. The van der Waals surface area contributed by atoms with Crippen LogP contribution < -0.4 is 4.74 Å². The van der Waals surface area contributed by atoms with Crippen molar-refractivity contribution in [2.75, 3.05) is 13.2 Å². The van der Waals surface area contributed by atoms with E-state index in [0.29, 0.717) is 30.3 Å². The van der Waals surface area contributed by atoms with Gasteiger partial charge in [-0.3, -0.25) is 9.78 Å². The van der Waals surface area contributed by atoms with E-state index in [1.165, 1.54) is 4.80 Å². The van der Waals surface area contributed by atoms with Crippen molar-refractivity contribution in [1.29, 1.82) is 0 Å². The third-order valence-corrected chi connectivity index (χ3v) is 6.15. The van der Waals surface area contributed by atoms with Crippen LogP contribution >= 0.6 is 0 Å². The monoisotopic (exact) mass is 442 g/mol. The molecule has 1 saturated heterocycles. The molecule has 0 unspecified atom stereocenters. The van der Waals surface area contributed by atoms with Crippen LogP contribution in [0, 0.1) is 12.8 Å². The number of rotatable bonds is 5. The Labute approximate surface area is 192 Å². The lowest BCUT2D eigenvalue weighted by Crippen LogP contribution is -2.47. The molecule has 1 fully saturated rings. The highest BCUT2D eigenvalue weighted by Crippen LogP contribution is 2.27. The number of piperidine rings is 1. The summed E-state index contributed by atoms with van der Waals surface area (Å²) in [5, 5.41) is 8.45. The molecule has 1 aromatic carbocycles. The zero-order valence-corrected chi connectivity index (χ0v) is 18.8. The number of hydrogen-bond donors (Lipinski definition) is 0. The van der Waals surface area contributed by atoms with E-state index in [2.05, 4.69) is 27.1 Å². The molecule has 0 bridgehead atoms. The fraction of sp³-hybridized carbons (Fsp3) is 0.320. The van der Waals surface area contributed by atoms with Crippen molar-refractivity contribution in [3.05, 3.63) is 72.2 Å². The van der Waals surface area contributed by atoms with E-state index < -0.39 is 0 Å². The number of aryl methyl sites for hydroxylation is 1. The molecule has 0 N–H and O–H groups in total. The minimum absolute atomic E-state index is 0.00176. The van der Waals surface area contributed by atoms with E-state index in [1.54, 1.807) is 18.6 Å². The molecule has 2 atom stereocenters. The molecule has 1 aliphatic heterocycles. The first-order valence-electron chi connectivity index (χ1n) is 11.2. The molecule has 4 heterocycles. The van der Waals surface area contributed by atoms with Crippen molar-refractivity contribution >= 4 is 16.9 Å². The fourth-order valence-corrected chi connectivity index (χ4v) is 4.31. The van der Waals surface area contributed by atoms with Crippen LogP contribution in [0.2, 0.25) is 0 Å². The highest BCUT2D eigenvalue weighted by Gasteiger charge is 2.31. The van der Waals surface area contributed by atoms with Gasteiger partial charge in [0.25, 0.3) is 5.91 Å². The first-order valence-corrected chi connectivity index (χ1v) is 11.2. The highest BCUT2D eigenvalue weighted by molar-refractivity contribution is 5.98. The number of nitrogens with zero attached hydrogens (tertiary/aromatic N) is 6. The molecule has 3 aromatic heterocycles. The number of carbonyl (C=O) groups excluding carboxylic acids is 1. The van der Waals surface area contributed by atoms with Gasteiger partial charge < -0.3 is 9.64 Å². The Kier molecular flexibility index (Phi) is 5.73. The molecule has 5 rings (SSSR count). The van der Waals surface area contributed by atoms with E-state index in [0.717, 1.165) is 29.4 Å². The molecular formula is C25H26N6O2. The maximum Gasteiger partial charge on any atom is 0.256 e. The molecule has 168 valence electrons. The smallest absolute Gasteiger partial charge is 0.256 e. The van der Waals surface area contributed by atoms with Gasteiger partial charge in [-0.25, -0.2) is 4.98 Å². The second kappa shape index (κ2) is 8.97. The number of aromatic nitrogens is 5. The van der Waals surface area contributed by atoms with Gasteiger partial charge in [-0.2, -0.15) is 15.0 Å². The number of amides is 1. The van der Waals surface area contributed by atoms with Gasteiger partial charge in [0, 0.05) is 30.8 Å². The third-order valence-electron chi connectivity index (χ3n) is 6.15. The zero-order valence-electron chi connectivity index (χ0n) is 18.8. The Morgan fingerprint density at radius 2 is 1.91 bits per heavy atom. The summed E-state index contributed by atoms with van der Waals surface area (Å²) in [4.78, 5) is 25.9. The first kappa shape index (κ1) is 21.1. The maximum atomic E-state index is 13.6. The van der Waals surface area contributed by atoms with Gasteiger partial charge in [0.15, 0.2) is 0 Å². The van der Waals surface area contributed by atoms with Crippen LogP contribution in [0.5, 0.6) is 5.88 Å². The summed E-state index contributed by atoms with van der Waals surface area (Å²) in [7, 11) is 0. The Bertz CT molecular complexity index is 1270. The number of carbonyl (C=O) groups is 1. The SMILES string of the molecule is Cc1ccc(-n2nccn2)c(C(=O)N2C[C@H](COc3ccc4ncccc4n3)CC[C@H]2C)c1. The van der Waals surface area contributed by atoms with Gasteiger partial charge in [0.2, 0.25) is 5.88 Å². The van der Waals surface area contributed by atoms with E-state index in [-0.39, 0.29) is 17.9 Å². The normalized spacial score (nSPS) is 18.4. The molecule has 0 aliphatic carbocycles. The highest BCUT2D eigenvalue weighted by atomic mass is 16.5. The summed E-state index contributed by atoms with van der Waals surface area (Å²) in [5.41, 5.74) is 3.98. The molecule has 1 amide bonds. The predicted octanol–water partition coefficient (Wildman–Crippen LogP) is 3.84. The van der Waals surface area contributed by atoms with E-state index >= 15 is 0 Å². The van der Waals surface area contributed by atoms with Gasteiger partial charge in [-0.05, 0) is 57.0 Å². The lowest BCUT2D eigenvalue weighted by Gasteiger charge is -2.38. The van der Waals surface area contributed by atoms with Crippen molar-refractivity contribution in [3.8, 4) is 11.6 Å². The first-order chi connectivity index (χ1) is 16.1. The van der Waals surface area contributed by atoms with Gasteiger partial charge in [-0.15, -0.1) is 0 Å². The number of ether oxygens (including phenoxy) is 1. The van der Waals surface area contributed by atoms with Crippen molar-refractivity contribution < 1.29 is 9.53 Å². The van der Waals surface area contributed by atoms with E-state index in [1.807, 2.05) is 54.3 Å². The number of pyridine rings is 2. The summed E-state index contributed by atoms with van der Waals surface area (Å²) in [6.45, 7) is 5.24. The average molecular weight is 443 g/mol. The van der Waals surface area contributed by atoms with E-state index in [9.17, 15) is 4.79 Å². The quantitative estimate of drug-likeness (QED) is 0.467. The summed E-state index contributed by atoms with van der Waals surface area (Å²) in [6.07, 6.45) is 6.91. The molecular weight excluding hydrogens is 416 g/mol. The summed E-state index contributed by atoms with van der Waals surface area (Å²) >= 11 is 0. The largest absolute Gasteiger partial charge is 0.477 e. The van der Waals surface area contributed by atoms with Crippen LogP contribution in [0.3, 0.4) is 0 Å². The second-order valence-corrected chi connectivity index (χ2v) is 8.59. The molecule has 4 aromatic rings. The maximum absolute atomic E-state index is 13.6. The Morgan fingerprint density at radius 1 is 1.06 bits per heavy atom. The lowest BCUT2D eigenvalue weighted by molar-refractivity contribution is 0.0502. The van der Waals surface area contributed by atoms with Crippen LogP contribution in [0.1, 0.15) is 35.7 Å². The Hall–Kier alpha value is -3.81. The van der Waals surface area contributed by atoms with Gasteiger partial charge in [0.05, 0.1) is 41.3 Å². The van der Waals surface area contributed by atoms with Gasteiger partial charge in [0.1, 0.15) is 0 Å².